The number of carbonyl (C=O) groups is 1. The van der Waals surface area contributed by atoms with E-state index in [4.69, 9.17) is 11.6 Å². The van der Waals surface area contributed by atoms with Crippen molar-refractivity contribution in [3.05, 3.63) is 70.9 Å². The predicted octanol–water partition coefficient (Wildman–Crippen LogP) is 4.60. The highest BCUT2D eigenvalue weighted by Gasteiger charge is 2.22. The van der Waals surface area contributed by atoms with Gasteiger partial charge in [0.15, 0.2) is 0 Å². The fourth-order valence-corrected chi connectivity index (χ4v) is 3.79. The van der Waals surface area contributed by atoms with E-state index in [1.54, 1.807) is 0 Å². The predicted molar refractivity (Wildman–Crippen MR) is 111 cm³/mol. The quantitative estimate of drug-likeness (QED) is 0.723. The number of halogens is 1. The van der Waals surface area contributed by atoms with Crippen LogP contribution >= 0.6 is 11.6 Å². The molecule has 4 nitrogen and oxygen atoms in total. The van der Waals surface area contributed by atoms with Gasteiger partial charge in [0.25, 0.3) is 5.91 Å². The molecule has 0 aliphatic carbocycles. The second-order valence-electron chi connectivity index (χ2n) is 7.09. The molecule has 1 aliphatic heterocycles. The van der Waals surface area contributed by atoms with Gasteiger partial charge in [-0.15, -0.1) is 0 Å². The van der Waals surface area contributed by atoms with Crippen molar-refractivity contribution in [1.29, 1.82) is 0 Å². The number of nitrogens with zero attached hydrogens (tertiary/aromatic N) is 2. The van der Waals surface area contributed by atoms with E-state index in [0.717, 1.165) is 48.0 Å². The van der Waals surface area contributed by atoms with Gasteiger partial charge in [0.05, 0.1) is 5.52 Å². The van der Waals surface area contributed by atoms with Gasteiger partial charge in [-0.25, -0.2) is 0 Å². The Balaban J connectivity index is 1.42. The first-order valence-electron chi connectivity index (χ1n) is 9.27. The standard InChI is InChI=1S/C22H22ClN3O/c1-15-2-4-16(5-3-15)22(27)25-18-9-12-26(13-10-18)21-8-11-24-20-14-17(23)6-7-19(20)21/h2-8,11,14,18H,9-10,12-13H2,1H3,(H,25,27). The number of fused-ring (bicyclic) bond motifs is 1. The minimum atomic E-state index is 0.0115. The van der Waals surface area contributed by atoms with Gasteiger partial charge in [-0.3, -0.25) is 9.78 Å². The Labute approximate surface area is 164 Å². The Morgan fingerprint density at radius 2 is 1.85 bits per heavy atom. The van der Waals surface area contributed by atoms with Crippen LogP contribution in [-0.2, 0) is 0 Å². The van der Waals surface area contributed by atoms with Crippen molar-refractivity contribution in [2.45, 2.75) is 25.8 Å². The third-order valence-electron chi connectivity index (χ3n) is 5.17. The number of nitrogens with one attached hydrogen (secondary N) is 1. The lowest BCUT2D eigenvalue weighted by Crippen LogP contribution is -2.44. The Bertz CT molecular complexity index is 963. The van der Waals surface area contributed by atoms with Crippen LogP contribution in [0.15, 0.2) is 54.7 Å². The largest absolute Gasteiger partial charge is 0.371 e. The molecule has 0 radical (unpaired) electrons. The Morgan fingerprint density at radius 3 is 2.59 bits per heavy atom. The van der Waals surface area contributed by atoms with Crippen molar-refractivity contribution in [2.75, 3.05) is 18.0 Å². The highest BCUT2D eigenvalue weighted by molar-refractivity contribution is 6.31. The van der Waals surface area contributed by atoms with E-state index in [2.05, 4.69) is 21.3 Å². The van der Waals surface area contributed by atoms with Crippen molar-refractivity contribution < 1.29 is 4.79 Å². The second-order valence-corrected chi connectivity index (χ2v) is 7.53. The lowest BCUT2D eigenvalue weighted by Gasteiger charge is -2.34. The first kappa shape index (κ1) is 17.8. The van der Waals surface area contributed by atoms with Crippen LogP contribution in [0.1, 0.15) is 28.8 Å². The number of hydrogen-bond acceptors (Lipinski definition) is 3. The molecule has 0 unspecified atom stereocenters. The summed E-state index contributed by atoms with van der Waals surface area (Å²) >= 11 is 6.09. The molecule has 138 valence electrons. The van der Waals surface area contributed by atoms with Gasteiger partial charge in [-0.05, 0) is 56.2 Å². The number of rotatable bonds is 3. The van der Waals surface area contributed by atoms with Crippen LogP contribution in [0.25, 0.3) is 10.9 Å². The summed E-state index contributed by atoms with van der Waals surface area (Å²) in [5, 5.41) is 4.99. The number of aromatic nitrogens is 1. The van der Waals surface area contributed by atoms with E-state index in [-0.39, 0.29) is 11.9 Å². The van der Waals surface area contributed by atoms with E-state index < -0.39 is 0 Å². The molecular formula is C22H22ClN3O. The van der Waals surface area contributed by atoms with Crippen LogP contribution in [0, 0.1) is 6.92 Å². The van der Waals surface area contributed by atoms with Crippen molar-refractivity contribution >= 4 is 34.1 Å². The molecule has 1 amide bonds. The maximum absolute atomic E-state index is 12.4. The molecule has 2 aromatic carbocycles. The zero-order valence-electron chi connectivity index (χ0n) is 15.3. The maximum Gasteiger partial charge on any atom is 0.251 e. The molecule has 1 saturated heterocycles. The van der Waals surface area contributed by atoms with Crippen LogP contribution in [0.3, 0.4) is 0 Å². The molecule has 1 aromatic heterocycles. The van der Waals surface area contributed by atoms with Crippen LogP contribution < -0.4 is 10.2 Å². The molecule has 27 heavy (non-hydrogen) atoms. The van der Waals surface area contributed by atoms with E-state index in [9.17, 15) is 4.79 Å². The summed E-state index contributed by atoms with van der Waals surface area (Å²) in [5.41, 5.74) is 3.97. The van der Waals surface area contributed by atoms with E-state index in [1.807, 2.05) is 55.6 Å². The fraction of sp³-hybridized carbons (Fsp3) is 0.273. The Morgan fingerprint density at radius 1 is 1.11 bits per heavy atom. The van der Waals surface area contributed by atoms with Crippen LogP contribution in [0.4, 0.5) is 5.69 Å². The number of amides is 1. The van der Waals surface area contributed by atoms with E-state index in [1.165, 1.54) is 5.69 Å². The third-order valence-corrected chi connectivity index (χ3v) is 5.40. The zero-order valence-corrected chi connectivity index (χ0v) is 16.0. The van der Waals surface area contributed by atoms with Gasteiger partial charge in [0.2, 0.25) is 0 Å². The van der Waals surface area contributed by atoms with Gasteiger partial charge in [0, 0.05) is 47.0 Å². The summed E-state index contributed by atoms with van der Waals surface area (Å²) in [4.78, 5) is 19.2. The number of pyridine rings is 1. The molecule has 0 atom stereocenters. The minimum Gasteiger partial charge on any atom is -0.371 e. The summed E-state index contributed by atoms with van der Waals surface area (Å²) in [5.74, 6) is 0.0115. The monoisotopic (exact) mass is 379 g/mol. The van der Waals surface area contributed by atoms with Crippen molar-refractivity contribution in [3.8, 4) is 0 Å². The topological polar surface area (TPSA) is 45.2 Å². The number of anilines is 1. The highest BCUT2D eigenvalue weighted by atomic mass is 35.5. The normalized spacial score (nSPS) is 15.1. The third kappa shape index (κ3) is 3.91. The number of carbonyl (C=O) groups excluding carboxylic acids is 1. The molecule has 0 saturated carbocycles. The van der Waals surface area contributed by atoms with Gasteiger partial charge in [-0.1, -0.05) is 29.3 Å². The first-order chi connectivity index (χ1) is 13.1. The highest BCUT2D eigenvalue weighted by Crippen LogP contribution is 2.29. The van der Waals surface area contributed by atoms with Gasteiger partial charge in [-0.2, -0.15) is 0 Å². The Hall–Kier alpha value is -2.59. The van der Waals surface area contributed by atoms with Crippen LogP contribution in [0.2, 0.25) is 5.02 Å². The van der Waals surface area contributed by atoms with Gasteiger partial charge in [0.1, 0.15) is 0 Å². The lowest BCUT2D eigenvalue weighted by atomic mass is 10.0. The molecular weight excluding hydrogens is 358 g/mol. The number of hydrogen-bond donors (Lipinski definition) is 1. The van der Waals surface area contributed by atoms with Crippen molar-refractivity contribution in [2.24, 2.45) is 0 Å². The molecule has 3 aromatic rings. The smallest absolute Gasteiger partial charge is 0.251 e. The summed E-state index contributed by atoms with van der Waals surface area (Å²) in [6.07, 6.45) is 3.68. The van der Waals surface area contributed by atoms with Gasteiger partial charge < -0.3 is 10.2 Å². The van der Waals surface area contributed by atoms with E-state index >= 15 is 0 Å². The molecule has 1 N–H and O–H groups in total. The molecule has 4 rings (SSSR count). The average molecular weight is 380 g/mol. The molecule has 0 bridgehead atoms. The molecule has 2 heterocycles. The van der Waals surface area contributed by atoms with E-state index in [0.29, 0.717) is 5.02 Å². The molecule has 1 aliphatic rings. The summed E-state index contributed by atoms with van der Waals surface area (Å²) < 4.78 is 0. The minimum absolute atomic E-state index is 0.0115. The van der Waals surface area contributed by atoms with Crippen molar-refractivity contribution in [3.63, 3.8) is 0 Å². The van der Waals surface area contributed by atoms with Crippen molar-refractivity contribution in [1.82, 2.24) is 10.3 Å². The summed E-state index contributed by atoms with van der Waals surface area (Å²) in [6, 6.07) is 15.8. The molecule has 5 heteroatoms. The number of piperidine rings is 1. The second kappa shape index (κ2) is 7.57. The zero-order chi connectivity index (χ0) is 18.8. The van der Waals surface area contributed by atoms with Gasteiger partial charge >= 0.3 is 0 Å². The fourth-order valence-electron chi connectivity index (χ4n) is 3.62. The summed E-state index contributed by atoms with van der Waals surface area (Å²) in [7, 11) is 0. The SMILES string of the molecule is Cc1ccc(C(=O)NC2CCN(c3ccnc4cc(Cl)ccc34)CC2)cc1. The first-order valence-corrected chi connectivity index (χ1v) is 9.65. The number of aryl methyl sites for hydroxylation is 1. The van der Waals surface area contributed by atoms with Crippen LogP contribution in [0.5, 0.6) is 0 Å². The summed E-state index contributed by atoms with van der Waals surface area (Å²) in [6.45, 7) is 3.83. The molecule has 1 fully saturated rings. The molecule has 0 spiro atoms. The Kier molecular flexibility index (Phi) is 4.99. The maximum atomic E-state index is 12.4. The average Bonchev–Trinajstić information content (AvgIpc) is 2.68. The number of benzene rings is 2. The van der Waals surface area contributed by atoms with Crippen LogP contribution in [-0.4, -0.2) is 30.0 Å². The lowest BCUT2D eigenvalue weighted by molar-refractivity contribution is 0.0931.